The van der Waals surface area contributed by atoms with Gasteiger partial charge in [0.25, 0.3) is 0 Å². The van der Waals surface area contributed by atoms with Crippen LogP contribution in [-0.2, 0) is 0 Å². The van der Waals surface area contributed by atoms with Gasteiger partial charge < -0.3 is 0 Å². The number of aldehydes is 1. The third kappa shape index (κ3) is 2.85. The Kier molecular flexibility index (Phi) is 3.43. The Morgan fingerprint density at radius 2 is 1.82 bits per heavy atom. The van der Waals surface area contributed by atoms with Gasteiger partial charge in [-0.3, -0.25) is 4.79 Å². The number of benzene rings is 1. The summed E-state index contributed by atoms with van der Waals surface area (Å²) in [5.74, 6) is -1.81. The van der Waals surface area contributed by atoms with E-state index < -0.39 is 11.6 Å². The topological polar surface area (TPSA) is 42.9 Å². The Balaban J connectivity index is 2.19. The quantitative estimate of drug-likeness (QED) is 0.622. The van der Waals surface area contributed by atoms with E-state index in [1.54, 1.807) is 0 Å². The summed E-state index contributed by atoms with van der Waals surface area (Å²) in [6.45, 7) is 0. The van der Waals surface area contributed by atoms with Crippen LogP contribution >= 0.6 is 11.8 Å². The minimum Gasteiger partial charge on any atom is -0.298 e. The van der Waals surface area contributed by atoms with Crippen molar-refractivity contribution >= 4 is 18.0 Å². The lowest BCUT2D eigenvalue weighted by molar-refractivity contribution is 0.112. The van der Waals surface area contributed by atoms with Gasteiger partial charge in [-0.1, -0.05) is 0 Å². The number of carbonyl (C=O) groups excluding carboxylic acids is 1. The first-order valence-electron chi connectivity index (χ1n) is 4.59. The Labute approximate surface area is 99.9 Å². The molecule has 17 heavy (non-hydrogen) atoms. The van der Waals surface area contributed by atoms with Gasteiger partial charge in [0.2, 0.25) is 0 Å². The van der Waals surface area contributed by atoms with Crippen molar-refractivity contribution in [1.29, 1.82) is 0 Å². The number of hydrogen-bond donors (Lipinski definition) is 0. The van der Waals surface area contributed by atoms with Crippen molar-refractivity contribution in [1.82, 2.24) is 9.97 Å². The molecule has 0 bridgehead atoms. The average molecular weight is 252 g/mol. The molecule has 0 unspecified atom stereocenters. The van der Waals surface area contributed by atoms with Gasteiger partial charge in [-0.05, 0) is 30.0 Å². The summed E-state index contributed by atoms with van der Waals surface area (Å²) in [6.07, 6.45) is 3.36. The SMILES string of the molecule is O=Cc1cnc(Sc2ccc(F)c(F)c2)nc1. The number of nitrogens with zero attached hydrogens (tertiary/aromatic N) is 2. The smallest absolute Gasteiger partial charge is 0.192 e. The average Bonchev–Trinajstić information content (AvgIpc) is 2.35. The zero-order chi connectivity index (χ0) is 12.3. The van der Waals surface area contributed by atoms with Crippen LogP contribution in [0.25, 0.3) is 0 Å². The third-order valence-electron chi connectivity index (χ3n) is 1.88. The molecule has 2 aromatic rings. The highest BCUT2D eigenvalue weighted by molar-refractivity contribution is 7.99. The zero-order valence-corrected chi connectivity index (χ0v) is 9.25. The van der Waals surface area contributed by atoms with Crippen LogP contribution in [0.3, 0.4) is 0 Å². The summed E-state index contributed by atoms with van der Waals surface area (Å²) in [5, 5.41) is 0.363. The molecule has 0 N–H and O–H groups in total. The predicted octanol–water partition coefficient (Wildman–Crippen LogP) is 2.72. The lowest BCUT2D eigenvalue weighted by Crippen LogP contribution is -1.90. The van der Waals surface area contributed by atoms with Crippen LogP contribution in [0.15, 0.2) is 40.6 Å². The van der Waals surface area contributed by atoms with Crippen LogP contribution < -0.4 is 0 Å². The van der Waals surface area contributed by atoms with Gasteiger partial charge in [-0.15, -0.1) is 0 Å². The molecular formula is C11H6F2N2OS. The molecule has 0 aliphatic heterocycles. The van der Waals surface area contributed by atoms with Gasteiger partial charge >= 0.3 is 0 Å². The van der Waals surface area contributed by atoms with E-state index >= 15 is 0 Å². The van der Waals surface area contributed by atoms with E-state index in [9.17, 15) is 13.6 Å². The second-order valence-corrected chi connectivity index (χ2v) is 4.14. The van der Waals surface area contributed by atoms with E-state index in [2.05, 4.69) is 9.97 Å². The van der Waals surface area contributed by atoms with Gasteiger partial charge in [-0.2, -0.15) is 0 Å². The van der Waals surface area contributed by atoms with Crippen molar-refractivity contribution in [2.75, 3.05) is 0 Å². The molecule has 0 saturated heterocycles. The molecule has 0 fully saturated rings. The van der Waals surface area contributed by atoms with Crippen molar-refractivity contribution in [2.45, 2.75) is 10.1 Å². The largest absolute Gasteiger partial charge is 0.298 e. The second-order valence-electron chi connectivity index (χ2n) is 3.09. The Morgan fingerprint density at radius 1 is 1.12 bits per heavy atom. The monoisotopic (exact) mass is 252 g/mol. The molecule has 2 rings (SSSR count). The third-order valence-corrected chi connectivity index (χ3v) is 2.77. The number of hydrogen-bond acceptors (Lipinski definition) is 4. The Bertz CT molecular complexity index is 546. The van der Waals surface area contributed by atoms with Crippen LogP contribution in [0.2, 0.25) is 0 Å². The Morgan fingerprint density at radius 3 is 2.41 bits per heavy atom. The standard InChI is InChI=1S/C11H6F2N2OS/c12-9-2-1-8(3-10(9)13)17-11-14-4-7(6-16)5-15-11/h1-6H. The second kappa shape index (κ2) is 5.01. The van der Waals surface area contributed by atoms with E-state index in [-0.39, 0.29) is 0 Å². The van der Waals surface area contributed by atoms with Gasteiger partial charge in [0.15, 0.2) is 23.1 Å². The highest BCUT2D eigenvalue weighted by Crippen LogP contribution is 2.25. The molecule has 0 radical (unpaired) electrons. The maximum Gasteiger partial charge on any atom is 0.192 e. The highest BCUT2D eigenvalue weighted by atomic mass is 32.2. The normalized spacial score (nSPS) is 10.2. The molecule has 1 aromatic heterocycles. The van der Waals surface area contributed by atoms with Crippen LogP contribution in [-0.4, -0.2) is 16.3 Å². The van der Waals surface area contributed by atoms with Crippen molar-refractivity contribution in [2.24, 2.45) is 0 Å². The van der Waals surface area contributed by atoms with Crippen LogP contribution in [0.5, 0.6) is 0 Å². The van der Waals surface area contributed by atoms with Crippen LogP contribution in [0.1, 0.15) is 10.4 Å². The molecule has 0 aliphatic rings. The Hall–Kier alpha value is -1.82. The molecule has 0 spiro atoms. The molecule has 1 heterocycles. The minimum absolute atomic E-state index is 0.361. The first kappa shape index (κ1) is 11.7. The first-order valence-corrected chi connectivity index (χ1v) is 5.41. The van der Waals surface area contributed by atoms with Crippen molar-refractivity contribution in [3.63, 3.8) is 0 Å². The maximum atomic E-state index is 12.9. The lowest BCUT2D eigenvalue weighted by Gasteiger charge is -2.00. The molecule has 0 atom stereocenters. The number of rotatable bonds is 3. The van der Waals surface area contributed by atoms with Crippen molar-refractivity contribution in [3.8, 4) is 0 Å². The van der Waals surface area contributed by atoms with Gasteiger partial charge in [0.1, 0.15) is 0 Å². The van der Waals surface area contributed by atoms with Gasteiger partial charge in [0.05, 0.1) is 5.56 Å². The fraction of sp³-hybridized carbons (Fsp3) is 0. The molecule has 0 aliphatic carbocycles. The summed E-state index contributed by atoms with van der Waals surface area (Å²) in [4.78, 5) is 18.7. The molecule has 6 heteroatoms. The first-order chi connectivity index (χ1) is 8.19. The van der Waals surface area contributed by atoms with Gasteiger partial charge in [-0.25, -0.2) is 18.7 Å². The summed E-state index contributed by atoms with van der Waals surface area (Å²) >= 11 is 1.08. The summed E-state index contributed by atoms with van der Waals surface area (Å²) in [6, 6.07) is 3.54. The summed E-state index contributed by atoms with van der Waals surface area (Å²) in [5.41, 5.74) is 0.361. The van der Waals surface area contributed by atoms with Gasteiger partial charge in [0, 0.05) is 17.3 Å². The number of aromatic nitrogens is 2. The van der Waals surface area contributed by atoms with Crippen LogP contribution in [0, 0.1) is 11.6 Å². The van der Waals surface area contributed by atoms with Crippen LogP contribution in [0.4, 0.5) is 8.78 Å². The molecule has 86 valence electrons. The van der Waals surface area contributed by atoms with E-state index in [1.165, 1.54) is 18.5 Å². The maximum absolute atomic E-state index is 12.9. The zero-order valence-electron chi connectivity index (χ0n) is 8.43. The minimum atomic E-state index is -0.917. The van der Waals surface area contributed by atoms with Crippen molar-refractivity contribution in [3.05, 3.63) is 47.8 Å². The molecule has 3 nitrogen and oxygen atoms in total. The number of carbonyl (C=O) groups is 1. The predicted molar refractivity (Wildman–Crippen MR) is 57.9 cm³/mol. The molecule has 1 aromatic carbocycles. The summed E-state index contributed by atoms with van der Waals surface area (Å²) < 4.78 is 25.6. The molecule has 0 saturated carbocycles. The summed E-state index contributed by atoms with van der Waals surface area (Å²) in [7, 11) is 0. The van der Waals surface area contributed by atoms with E-state index in [1.807, 2.05) is 0 Å². The lowest BCUT2D eigenvalue weighted by atomic mass is 10.3. The fourth-order valence-electron chi connectivity index (χ4n) is 1.09. The fourth-order valence-corrected chi connectivity index (χ4v) is 1.81. The van der Waals surface area contributed by atoms with E-state index in [4.69, 9.17) is 0 Å². The molecular weight excluding hydrogens is 246 g/mol. The van der Waals surface area contributed by atoms with E-state index in [0.29, 0.717) is 21.9 Å². The molecule has 0 amide bonds. The highest BCUT2D eigenvalue weighted by Gasteiger charge is 2.05. The van der Waals surface area contributed by atoms with E-state index in [0.717, 1.165) is 23.9 Å². The van der Waals surface area contributed by atoms with Crippen molar-refractivity contribution < 1.29 is 13.6 Å². The number of halogens is 2.